The molecule has 28 heavy (non-hydrogen) atoms. The largest absolute Gasteiger partial charge is 0.361 e. The summed E-state index contributed by atoms with van der Waals surface area (Å²) in [5, 5.41) is 11.4. The van der Waals surface area contributed by atoms with Crippen molar-refractivity contribution in [1.82, 2.24) is 19.8 Å². The molecule has 2 amide bonds. The van der Waals surface area contributed by atoms with Gasteiger partial charge in [0.2, 0.25) is 0 Å². The molecular formula is C20H22FN5O2. The summed E-state index contributed by atoms with van der Waals surface area (Å²) in [4.78, 5) is 14.7. The average molecular weight is 383 g/mol. The maximum atomic E-state index is 13.5. The summed E-state index contributed by atoms with van der Waals surface area (Å²) in [5.74, 6) is 1.04. The molecule has 0 unspecified atom stereocenters. The standard InChI is InChI=1S/C20H22FN5O2/c1-13-11-22-26(12-15-5-3-6-16(21)10-15)19(13)23-20(27)25-8-4-7-18(25)17-9-14(2)28-24-17/h3,5-6,9-11,18H,4,7-8,12H2,1-2H3,(H,23,27)/t18-/m1/s1. The number of hydrogen-bond acceptors (Lipinski definition) is 4. The van der Waals surface area contributed by atoms with Gasteiger partial charge in [-0.1, -0.05) is 17.3 Å². The molecule has 3 heterocycles. The summed E-state index contributed by atoms with van der Waals surface area (Å²) in [6.45, 7) is 4.74. The van der Waals surface area contributed by atoms with E-state index in [2.05, 4.69) is 15.6 Å². The molecule has 1 aliphatic heterocycles. The molecule has 2 aromatic heterocycles. The zero-order valence-electron chi connectivity index (χ0n) is 15.9. The Morgan fingerprint density at radius 1 is 1.36 bits per heavy atom. The molecule has 0 aliphatic carbocycles. The van der Waals surface area contributed by atoms with Gasteiger partial charge in [-0.25, -0.2) is 13.9 Å². The highest BCUT2D eigenvalue weighted by Gasteiger charge is 2.32. The zero-order valence-corrected chi connectivity index (χ0v) is 15.9. The Morgan fingerprint density at radius 3 is 2.96 bits per heavy atom. The molecule has 0 spiro atoms. The minimum Gasteiger partial charge on any atom is -0.361 e. The Morgan fingerprint density at radius 2 is 2.21 bits per heavy atom. The monoisotopic (exact) mass is 383 g/mol. The highest BCUT2D eigenvalue weighted by atomic mass is 19.1. The number of nitrogens with zero attached hydrogens (tertiary/aromatic N) is 4. The van der Waals surface area contributed by atoms with E-state index in [1.165, 1.54) is 12.1 Å². The molecule has 1 saturated heterocycles. The smallest absolute Gasteiger partial charge is 0.323 e. The number of nitrogens with one attached hydrogen (secondary N) is 1. The normalized spacial score (nSPS) is 16.5. The van der Waals surface area contributed by atoms with E-state index >= 15 is 0 Å². The Bertz CT molecular complexity index is 996. The van der Waals surface area contributed by atoms with Crippen LogP contribution in [0.15, 0.2) is 41.1 Å². The van der Waals surface area contributed by atoms with Gasteiger partial charge < -0.3 is 9.42 Å². The van der Waals surface area contributed by atoms with Crippen LogP contribution in [0.5, 0.6) is 0 Å². The number of anilines is 1. The fourth-order valence-corrected chi connectivity index (χ4v) is 3.60. The van der Waals surface area contributed by atoms with Gasteiger partial charge in [-0.15, -0.1) is 0 Å². The van der Waals surface area contributed by atoms with Gasteiger partial charge in [0.05, 0.1) is 18.8 Å². The fraction of sp³-hybridized carbons (Fsp3) is 0.350. The van der Waals surface area contributed by atoms with E-state index in [9.17, 15) is 9.18 Å². The topological polar surface area (TPSA) is 76.2 Å². The summed E-state index contributed by atoms with van der Waals surface area (Å²) in [6, 6.07) is 7.93. The number of amides is 2. The molecule has 0 radical (unpaired) electrons. The van der Waals surface area contributed by atoms with E-state index in [-0.39, 0.29) is 17.9 Å². The highest BCUT2D eigenvalue weighted by molar-refractivity contribution is 5.89. The van der Waals surface area contributed by atoms with Crippen molar-refractivity contribution in [3.8, 4) is 0 Å². The average Bonchev–Trinajstić information content (AvgIpc) is 3.38. The van der Waals surface area contributed by atoms with Gasteiger partial charge in [0.25, 0.3) is 0 Å². The lowest BCUT2D eigenvalue weighted by molar-refractivity contribution is 0.204. The van der Waals surface area contributed by atoms with Gasteiger partial charge in [0.1, 0.15) is 23.1 Å². The Kier molecular flexibility index (Phi) is 4.85. The number of carbonyl (C=O) groups is 1. The molecule has 1 fully saturated rings. The van der Waals surface area contributed by atoms with E-state index in [0.29, 0.717) is 18.9 Å². The molecule has 146 valence electrons. The lowest BCUT2D eigenvalue weighted by atomic mass is 10.1. The maximum Gasteiger partial charge on any atom is 0.323 e. The summed E-state index contributed by atoms with van der Waals surface area (Å²) >= 11 is 0. The minimum atomic E-state index is -0.297. The molecular weight excluding hydrogens is 361 g/mol. The van der Waals surface area contributed by atoms with Crippen LogP contribution in [0.4, 0.5) is 15.0 Å². The first kappa shape index (κ1) is 18.2. The van der Waals surface area contributed by atoms with Crippen molar-refractivity contribution in [2.45, 2.75) is 39.3 Å². The number of halogens is 1. The number of benzene rings is 1. The van der Waals surface area contributed by atoms with E-state index in [1.807, 2.05) is 26.0 Å². The highest BCUT2D eigenvalue weighted by Crippen LogP contribution is 2.32. The molecule has 0 bridgehead atoms. The molecule has 1 atom stereocenters. The SMILES string of the molecule is Cc1cc([C@H]2CCCN2C(=O)Nc2c(C)cnn2Cc2cccc(F)c2)no1. The third-order valence-corrected chi connectivity index (χ3v) is 4.97. The predicted octanol–water partition coefficient (Wildman–Crippen LogP) is 4.04. The van der Waals surface area contributed by atoms with Crippen molar-refractivity contribution >= 4 is 11.8 Å². The Labute approximate surface area is 162 Å². The van der Waals surface area contributed by atoms with Crippen LogP contribution < -0.4 is 5.32 Å². The van der Waals surface area contributed by atoms with Crippen LogP contribution in [0.1, 0.15) is 41.5 Å². The van der Waals surface area contributed by atoms with Gasteiger partial charge in [-0.3, -0.25) is 5.32 Å². The molecule has 0 saturated carbocycles. The van der Waals surface area contributed by atoms with Crippen LogP contribution in [0, 0.1) is 19.7 Å². The van der Waals surface area contributed by atoms with Gasteiger partial charge >= 0.3 is 6.03 Å². The lowest BCUT2D eigenvalue weighted by Crippen LogP contribution is -2.35. The summed E-state index contributed by atoms with van der Waals surface area (Å²) in [7, 11) is 0. The maximum absolute atomic E-state index is 13.5. The molecule has 1 aliphatic rings. The predicted molar refractivity (Wildman–Crippen MR) is 101 cm³/mol. The number of aromatic nitrogens is 3. The summed E-state index contributed by atoms with van der Waals surface area (Å²) in [5.41, 5.74) is 2.39. The quantitative estimate of drug-likeness (QED) is 0.738. The first-order valence-electron chi connectivity index (χ1n) is 9.29. The van der Waals surface area contributed by atoms with Crippen LogP contribution in [0.25, 0.3) is 0 Å². The molecule has 8 heteroatoms. The fourth-order valence-electron chi connectivity index (χ4n) is 3.60. The van der Waals surface area contributed by atoms with Crippen molar-refractivity contribution in [2.75, 3.05) is 11.9 Å². The van der Waals surface area contributed by atoms with Gasteiger partial charge in [-0.05, 0) is 44.4 Å². The molecule has 7 nitrogen and oxygen atoms in total. The van der Waals surface area contributed by atoms with Crippen LogP contribution >= 0.6 is 0 Å². The van der Waals surface area contributed by atoms with Crippen molar-refractivity contribution in [3.05, 3.63) is 64.9 Å². The second kappa shape index (κ2) is 7.46. The van der Waals surface area contributed by atoms with E-state index in [0.717, 1.165) is 35.4 Å². The molecule has 3 aromatic rings. The van der Waals surface area contributed by atoms with E-state index in [4.69, 9.17) is 4.52 Å². The van der Waals surface area contributed by atoms with E-state index in [1.54, 1.807) is 21.8 Å². The number of hydrogen-bond donors (Lipinski definition) is 1. The third kappa shape index (κ3) is 3.62. The Balaban J connectivity index is 1.52. The number of likely N-dealkylation sites (tertiary alicyclic amines) is 1. The number of carbonyl (C=O) groups excluding carboxylic acids is 1. The third-order valence-electron chi connectivity index (χ3n) is 4.97. The zero-order chi connectivity index (χ0) is 19.7. The first-order chi connectivity index (χ1) is 13.5. The van der Waals surface area contributed by atoms with Crippen molar-refractivity contribution in [2.24, 2.45) is 0 Å². The van der Waals surface area contributed by atoms with Crippen LogP contribution in [0.2, 0.25) is 0 Å². The van der Waals surface area contributed by atoms with E-state index < -0.39 is 0 Å². The molecule has 1 N–H and O–H groups in total. The van der Waals surface area contributed by atoms with Crippen molar-refractivity contribution in [3.63, 3.8) is 0 Å². The van der Waals surface area contributed by atoms with Crippen LogP contribution in [0.3, 0.4) is 0 Å². The molecule has 1 aromatic carbocycles. The molecule has 4 rings (SSSR count). The number of urea groups is 1. The van der Waals surface area contributed by atoms with Crippen LogP contribution in [-0.4, -0.2) is 32.4 Å². The first-order valence-corrected chi connectivity index (χ1v) is 9.29. The lowest BCUT2D eigenvalue weighted by Gasteiger charge is -2.23. The van der Waals surface area contributed by atoms with Gasteiger partial charge in [0.15, 0.2) is 0 Å². The second-order valence-electron chi connectivity index (χ2n) is 7.11. The summed E-state index contributed by atoms with van der Waals surface area (Å²) in [6.07, 6.45) is 3.45. The minimum absolute atomic E-state index is 0.0997. The number of rotatable bonds is 4. The second-order valence-corrected chi connectivity index (χ2v) is 7.11. The van der Waals surface area contributed by atoms with Gasteiger partial charge in [-0.2, -0.15) is 5.10 Å². The van der Waals surface area contributed by atoms with Gasteiger partial charge in [0, 0.05) is 18.2 Å². The van der Waals surface area contributed by atoms with Crippen molar-refractivity contribution in [1.29, 1.82) is 0 Å². The Hall–Kier alpha value is -3.16. The van der Waals surface area contributed by atoms with Crippen molar-refractivity contribution < 1.29 is 13.7 Å². The van der Waals surface area contributed by atoms with Crippen LogP contribution in [-0.2, 0) is 6.54 Å². The summed E-state index contributed by atoms with van der Waals surface area (Å²) < 4.78 is 20.3. The number of aryl methyl sites for hydroxylation is 2.